The summed E-state index contributed by atoms with van der Waals surface area (Å²) in [4.78, 5) is 29.7. The number of imide groups is 1. The largest absolute Gasteiger partial charge is 0.392 e. The minimum atomic E-state index is -0.611. The van der Waals surface area contributed by atoms with Crippen molar-refractivity contribution in [1.82, 2.24) is 9.80 Å². The summed E-state index contributed by atoms with van der Waals surface area (Å²) in [6, 6.07) is 41.8. The van der Waals surface area contributed by atoms with Gasteiger partial charge in [-0.15, -0.1) is 0 Å². The maximum absolute atomic E-state index is 13.0. The van der Waals surface area contributed by atoms with Gasteiger partial charge in [-0.25, -0.2) is 0 Å². The van der Waals surface area contributed by atoms with Crippen LogP contribution in [0.4, 0.5) is 0 Å². The molecule has 0 aromatic heterocycles. The minimum absolute atomic E-state index is 0.00974. The number of nitrogens with zero attached hydrogens (tertiary/aromatic N) is 2. The van der Waals surface area contributed by atoms with Crippen LogP contribution in [0.5, 0.6) is 0 Å². The van der Waals surface area contributed by atoms with Crippen molar-refractivity contribution in [3.8, 4) is 11.1 Å². The van der Waals surface area contributed by atoms with Crippen LogP contribution in [0.1, 0.15) is 80.8 Å². The molecule has 0 radical (unpaired) electrons. The van der Waals surface area contributed by atoms with Gasteiger partial charge >= 0.3 is 0 Å². The van der Waals surface area contributed by atoms with Crippen molar-refractivity contribution in [3.05, 3.63) is 166 Å². The van der Waals surface area contributed by atoms with E-state index in [0.717, 1.165) is 33.4 Å². The number of carbonyl (C=O) groups is 2. The number of hydrogen-bond acceptors (Lipinski definition) is 6. The van der Waals surface area contributed by atoms with Crippen LogP contribution in [0.15, 0.2) is 127 Å². The molecule has 1 saturated heterocycles. The third kappa shape index (κ3) is 6.78. The number of aliphatic hydroxyl groups is 1. The normalized spacial score (nSPS) is 21.0. The Labute approximate surface area is 293 Å². The molecule has 0 saturated carbocycles. The van der Waals surface area contributed by atoms with Gasteiger partial charge in [0.05, 0.1) is 36.5 Å². The third-order valence-corrected chi connectivity index (χ3v) is 10.2. The second-order valence-electron chi connectivity index (χ2n) is 13.4. The molecule has 2 heterocycles. The minimum Gasteiger partial charge on any atom is -0.392 e. The molecule has 50 heavy (non-hydrogen) atoms. The highest BCUT2D eigenvalue weighted by atomic mass is 16.7. The molecule has 0 bridgehead atoms. The SMILES string of the molecule is CC1C(CN(C)C(C)c2ccccc2)OC(c2cccc(-c3cccc(CN4C(=O)c5ccccc5C4=O)c3)c2)OC1c1ccc(CO)cc1. The molecular weight excluding hydrogens is 624 g/mol. The average Bonchev–Trinajstić information content (AvgIpc) is 3.40. The molecule has 1 fully saturated rings. The molecule has 7 nitrogen and oxygen atoms in total. The standard InChI is InChI=1S/C43H42N2O5/c1-28-39(26-44(3)29(2)32-12-5-4-6-13-32)49-43(50-40(28)33-21-19-30(27-46)20-22-33)36-16-10-15-35(24-36)34-14-9-11-31(23-34)25-45-41(47)37-17-7-8-18-38(37)42(45)48/h4-24,28-29,39-40,43,46H,25-27H2,1-3H3. The number of hydrogen-bond donors (Lipinski definition) is 1. The van der Waals surface area contributed by atoms with Crippen LogP contribution < -0.4 is 0 Å². The van der Waals surface area contributed by atoms with Crippen molar-refractivity contribution in [2.75, 3.05) is 13.6 Å². The lowest BCUT2D eigenvalue weighted by atomic mass is 9.89. The number of carbonyl (C=O) groups excluding carboxylic acids is 2. The van der Waals surface area contributed by atoms with Crippen molar-refractivity contribution in [1.29, 1.82) is 0 Å². The molecule has 0 spiro atoms. The molecular formula is C43H42N2O5. The maximum Gasteiger partial charge on any atom is 0.261 e. The Bertz CT molecular complexity index is 1940. The van der Waals surface area contributed by atoms with E-state index in [1.807, 2.05) is 72.8 Å². The smallest absolute Gasteiger partial charge is 0.261 e. The van der Waals surface area contributed by atoms with Crippen molar-refractivity contribution in [2.45, 2.75) is 51.5 Å². The van der Waals surface area contributed by atoms with Crippen molar-refractivity contribution in [2.24, 2.45) is 5.92 Å². The highest BCUT2D eigenvalue weighted by Crippen LogP contribution is 2.43. The van der Waals surface area contributed by atoms with E-state index in [0.29, 0.717) is 17.7 Å². The van der Waals surface area contributed by atoms with E-state index >= 15 is 0 Å². The highest BCUT2D eigenvalue weighted by molar-refractivity contribution is 6.21. The van der Waals surface area contributed by atoms with Gasteiger partial charge in [-0.3, -0.25) is 19.4 Å². The Balaban J connectivity index is 1.14. The zero-order valence-corrected chi connectivity index (χ0v) is 28.6. The van der Waals surface area contributed by atoms with Gasteiger partial charge in [-0.05, 0) is 71.6 Å². The predicted octanol–water partition coefficient (Wildman–Crippen LogP) is 8.13. The summed E-state index contributed by atoms with van der Waals surface area (Å²) in [7, 11) is 2.14. The molecule has 2 aliphatic rings. The van der Waals surface area contributed by atoms with Gasteiger partial charge in [0.2, 0.25) is 0 Å². The van der Waals surface area contributed by atoms with Gasteiger partial charge in [0.25, 0.3) is 11.8 Å². The van der Waals surface area contributed by atoms with E-state index in [1.54, 1.807) is 24.3 Å². The summed E-state index contributed by atoms with van der Waals surface area (Å²) in [5.74, 6) is -0.478. The summed E-state index contributed by atoms with van der Waals surface area (Å²) in [6.07, 6.45) is -0.960. The Hall–Kier alpha value is -4.92. The Morgan fingerprint density at radius 1 is 0.720 bits per heavy atom. The third-order valence-electron chi connectivity index (χ3n) is 10.2. The summed E-state index contributed by atoms with van der Waals surface area (Å²) in [6.45, 7) is 5.29. The number of aliphatic hydroxyl groups excluding tert-OH is 1. The topological polar surface area (TPSA) is 79.3 Å². The van der Waals surface area contributed by atoms with Crippen LogP contribution in [-0.4, -0.2) is 46.4 Å². The molecule has 7 heteroatoms. The number of rotatable bonds is 10. The molecule has 2 aliphatic heterocycles. The highest BCUT2D eigenvalue weighted by Gasteiger charge is 2.39. The molecule has 1 N–H and O–H groups in total. The first-order chi connectivity index (χ1) is 24.3. The van der Waals surface area contributed by atoms with E-state index in [9.17, 15) is 14.7 Å². The molecule has 254 valence electrons. The second-order valence-corrected chi connectivity index (χ2v) is 13.4. The fraction of sp³-hybridized carbons (Fsp3) is 0.256. The Kier molecular flexibility index (Phi) is 9.74. The van der Waals surface area contributed by atoms with Gasteiger partial charge in [0.15, 0.2) is 6.29 Å². The van der Waals surface area contributed by atoms with E-state index in [2.05, 4.69) is 56.1 Å². The van der Waals surface area contributed by atoms with Crippen LogP contribution in [0.2, 0.25) is 0 Å². The number of fused-ring (bicyclic) bond motifs is 1. The first kappa shape index (κ1) is 33.6. The van der Waals surface area contributed by atoms with E-state index in [-0.39, 0.29) is 49.1 Å². The van der Waals surface area contributed by atoms with Crippen LogP contribution >= 0.6 is 0 Å². The lowest BCUT2D eigenvalue weighted by molar-refractivity contribution is -0.276. The lowest BCUT2D eigenvalue weighted by Crippen LogP contribution is -2.44. The number of likely N-dealkylation sites (N-methyl/N-ethyl adjacent to an activating group) is 1. The van der Waals surface area contributed by atoms with Crippen LogP contribution in [0.3, 0.4) is 0 Å². The first-order valence-corrected chi connectivity index (χ1v) is 17.2. The van der Waals surface area contributed by atoms with Crippen LogP contribution in [0, 0.1) is 5.92 Å². The Morgan fingerprint density at radius 3 is 2.04 bits per heavy atom. The first-order valence-electron chi connectivity index (χ1n) is 17.2. The summed E-state index contributed by atoms with van der Waals surface area (Å²) in [5.41, 5.74) is 7.76. The molecule has 7 rings (SSSR count). The summed E-state index contributed by atoms with van der Waals surface area (Å²) >= 11 is 0. The molecule has 0 aliphatic carbocycles. The van der Waals surface area contributed by atoms with Crippen molar-refractivity contribution < 1.29 is 24.2 Å². The fourth-order valence-corrected chi connectivity index (χ4v) is 7.04. The lowest BCUT2D eigenvalue weighted by Gasteiger charge is -2.43. The molecule has 5 aromatic rings. The number of benzene rings is 5. The zero-order chi connectivity index (χ0) is 34.8. The average molecular weight is 667 g/mol. The van der Waals surface area contributed by atoms with Crippen molar-refractivity contribution >= 4 is 11.8 Å². The summed E-state index contributed by atoms with van der Waals surface area (Å²) in [5, 5.41) is 9.65. The van der Waals surface area contributed by atoms with E-state index < -0.39 is 6.29 Å². The summed E-state index contributed by atoms with van der Waals surface area (Å²) < 4.78 is 13.6. The maximum atomic E-state index is 13.0. The van der Waals surface area contributed by atoms with Crippen LogP contribution in [0.25, 0.3) is 11.1 Å². The molecule has 5 atom stereocenters. The Morgan fingerprint density at radius 2 is 1.36 bits per heavy atom. The predicted molar refractivity (Wildman–Crippen MR) is 193 cm³/mol. The monoisotopic (exact) mass is 666 g/mol. The fourth-order valence-electron chi connectivity index (χ4n) is 7.04. The second kappa shape index (κ2) is 14.5. The van der Waals surface area contributed by atoms with Crippen LogP contribution in [-0.2, 0) is 22.6 Å². The molecule has 2 amide bonds. The van der Waals surface area contributed by atoms with Gasteiger partial charge in [-0.1, -0.05) is 110 Å². The zero-order valence-electron chi connectivity index (χ0n) is 28.6. The molecule has 5 unspecified atom stereocenters. The van der Waals surface area contributed by atoms with Gasteiger partial charge < -0.3 is 14.6 Å². The van der Waals surface area contributed by atoms with E-state index in [1.165, 1.54) is 10.5 Å². The van der Waals surface area contributed by atoms with Gasteiger partial charge in [0.1, 0.15) is 0 Å². The van der Waals surface area contributed by atoms with Gasteiger partial charge in [0, 0.05) is 24.1 Å². The van der Waals surface area contributed by atoms with Gasteiger partial charge in [-0.2, -0.15) is 0 Å². The molecule has 5 aromatic carbocycles. The quantitative estimate of drug-likeness (QED) is 0.152. The number of ether oxygens (including phenoxy) is 2. The van der Waals surface area contributed by atoms with Crippen molar-refractivity contribution in [3.63, 3.8) is 0 Å². The van der Waals surface area contributed by atoms with E-state index in [4.69, 9.17) is 9.47 Å². The number of amides is 2.